The zero-order chi connectivity index (χ0) is 12.0. The number of thiophene rings is 1. The van der Waals surface area contributed by atoms with Gasteiger partial charge in [0.2, 0.25) is 0 Å². The second-order valence-corrected chi connectivity index (χ2v) is 5.13. The number of methoxy groups -OCH3 is 1. The molecular formula is C13H23NOS. The van der Waals surface area contributed by atoms with E-state index in [1.165, 1.54) is 4.88 Å². The van der Waals surface area contributed by atoms with Gasteiger partial charge < -0.3 is 10.1 Å². The Balaban J connectivity index is 2.78. The van der Waals surface area contributed by atoms with E-state index in [0.717, 1.165) is 19.3 Å². The molecule has 1 N–H and O–H groups in total. The lowest BCUT2D eigenvalue weighted by atomic mass is 9.86. The summed E-state index contributed by atoms with van der Waals surface area (Å²) in [6.07, 6.45) is 3.12. The molecule has 0 amide bonds. The zero-order valence-electron chi connectivity index (χ0n) is 10.7. The van der Waals surface area contributed by atoms with E-state index in [0.29, 0.717) is 6.04 Å². The SMILES string of the molecule is CCC(CC)(OC)C(Cc1cccs1)NC. The molecule has 1 atom stereocenters. The number of ether oxygens (including phenoxy) is 1. The largest absolute Gasteiger partial charge is 0.377 e. The van der Waals surface area contributed by atoms with Gasteiger partial charge in [-0.05, 0) is 37.8 Å². The van der Waals surface area contributed by atoms with E-state index in [-0.39, 0.29) is 5.60 Å². The Hall–Kier alpha value is -0.380. The number of likely N-dealkylation sites (N-methyl/N-ethyl adjacent to an activating group) is 1. The highest BCUT2D eigenvalue weighted by atomic mass is 32.1. The van der Waals surface area contributed by atoms with Crippen LogP contribution in [0.4, 0.5) is 0 Å². The van der Waals surface area contributed by atoms with E-state index in [1.54, 1.807) is 0 Å². The van der Waals surface area contributed by atoms with Crippen LogP contribution in [0, 0.1) is 0 Å². The molecule has 0 aliphatic heterocycles. The predicted molar refractivity (Wildman–Crippen MR) is 71.2 cm³/mol. The maximum absolute atomic E-state index is 5.78. The topological polar surface area (TPSA) is 21.3 Å². The van der Waals surface area contributed by atoms with Crippen molar-refractivity contribution in [1.29, 1.82) is 0 Å². The van der Waals surface area contributed by atoms with Gasteiger partial charge in [0.25, 0.3) is 0 Å². The van der Waals surface area contributed by atoms with Crippen LogP contribution in [0.5, 0.6) is 0 Å². The maximum Gasteiger partial charge on any atom is 0.0829 e. The van der Waals surface area contributed by atoms with Crippen molar-refractivity contribution in [2.24, 2.45) is 0 Å². The van der Waals surface area contributed by atoms with E-state index in [1.807, 2.05) is 25.5 Å². The summed E-state index contributed by atoms with van der Waals surface area (Å²) in [5.74, 6) is 0. The number of hydrogen-bond donors (Lipinski definition) is 1. The zero-order valence-corrected chi connectivity index (χ0v) is 11.6. The van der Waals surface area contributed by atoms with E-state index in [9.17, 15) is 0 Å². The van der Waals surface area contributed by atoms with Crippen molar-refractivity contribution in [2.75, 3.05) is 14.2 Å². The van der Waals surface area contributed by atoms with Gasteiger partial charge in [0.1, 0.15) is 0 Å². The van der Waals surface area contributed by atoms with Crippen LogP contribution < -0.4 is 5.32 Å². The monoisotopic (exact) mass is 241 g/mol. The van der Waals surface area contributed by atoms with Gasteiger partial charge in [0, 0.05) is 18.0 Å². The lowest BCUT2D eigenvalue weighted by Gasteiger charge is -2.38. The van der Waals surface area contributed by atoms with Crippen LogP contribution in [0.1, 0.15) is 31.6 Å². The highest BCUT2D eigenvalue weighted by Gasteiger charge is 2.34. The highest BCUT2D eigenvalue weighted by molar-refractivity contribution is 7.09. The summed E-state index contributed by atoms with van der Waals surface area (Å²) in [5.41, 5.74) is -0.0429. The third-order valence-corrected chi connectivity index (χ3v) is 4.47. The fourth-order valence-electron chi connectivity index (χ4n) is 2.35. The summed E-state index contributed by atoms with van der Waals surface area (Å²) in [6, 6.07) is 4.69. The van der Waals surface area contributed by atoms with E-state index >= 15 is 0 Å². The Labute approximate surface area is 103 Å². The first kappa shape index (κ1) is 13.7. The summed E-state index contributed by atoms with van der Waals surface area (Å²) in [4.78, 5) is 1.42. The van der Waals surface area contributed by atoms with Gasteiger partial charge >= 0.3 is 0 Å². The summed E-state index contributed by atoms with van der Waals surface area (Å²) in [5, 5.41) is 5.55. The molecule has 1 aromatic heterocycles. The molecule has 1 aromatic rings. The van der Waals surface area contributed by atoms with Crippen molar-refractivity contribution in [1.82, 2.24) is 5.32 Å². The molecule has 3 heteroatoms. The van der Waals surface area contributed by atoms with Crippen LogP contribution in [0.15, 0.2) is 17.5 Å². The van der Waals surface area contributed by atoms with Gasteiger partial charge in [0.15, 0.2) is 0 Å². The average Bonchev–Trinajstić information content (AvgIpc) is 2.83. The molecule has 0 saturated carbocycles. The highest BCUT2D eigenvalue weighted by Crippen LogP contribution is 2.27. The first-order valence-electron chi connectivity index (χ1n) is 5.97. The second-order valence-electron chi connectivity index (χ2n) is 4.10. The molecule has 0 bridgehead atoms. The van der Waals surface area contributed by atoms with Crippen LogP contribution in [0.2, 0.25) is 0 Å². The first-order chi connectivity index (χ1) is 7.72. The number of hydrogen-bond acceptors (Lipinski definition) is 3. The normalized spacial score (nSPS) is 14.0. The molecule has 1 heterocycles. The Morgan fingerprint density at radius 2 is 2.12 bits per heavy atom. The van der Waals surface area contributed by atoms with Crippen LogP contribution in [-0.2, 0) is 11.2 Å². The third-order valence-electron chi connectivity index (χ3n) is 3.57. The fraction of sp³-hybridized carbons (Fsp3) is 0.692. The number of rotatable bonds is 7. The van der Waals surface area contributed by atoms with Crippen LogP contribution >= 0.6 is 11.3 Å². The average molecular weight is 241 g/mol. The van der Waals surface area contributed by atoms with Crippen molar-refractivity contribution >= 4 is 11.3 Å². The molecule has 0 radical (unpaired) electrons. The third kappa shape index (κ3) is 2.84. The van der Waals surface area contributed by atoms with Gasteiger partial charge in [-0.25, -0.2) is 0 Å². The minimum atomic E-state index is -0.0429. The molecule has 0 aliphatic carbocycles. The fourth-order valence-corrected chi connectivity index (χ4v) is 3.11. The summed E-state index contributed by atoms with van der Waals surface area (Å²) in [6.45, 7) is 4.40. The van der Waals surface area contributed by atoms with Crippen LogP contribution in [0.3, 0.4) is 0 Å². The Kier molecular flexibility index (Phi) is 5.46. The van der Waals surface area contributed by atoms with Gasteiger partial charge in [-0.15, -0.1) is 11.3 Å². The Morgan fingerprint density at radius 1 is 1.44 bits per heavy atom. The summed E-state index contributed by atoms with van der Waals surface area (Å²) < 4.78 is 5.78. The summed E-state index contributed by atoms with van der Waals surface area (Å²) >= 11 is 1.82. The quantitative estimate of drug-likeness (QED) is 0.792. The molecule has 0 aromatic carbocycles. The van der Waals surface area contributed by atoms with Crippen molar-refractivity contribution in [3.63, 3.8) is 0 Å². The molecule has 0 aliphatic rings. The van der Waals surface area contributed by atoms with Crippen LogP contribution in [-0.4, -0.2) is 25.8 Å². The van der Waals surface area contributed by atoms with Crippen molar-refractivity contribution < 1.29 is 4.74 Å². The molecule has 0 saturated heterocycles. The number of nitrogens with one attached hydrogen (secondary N) is 1. The molecule has 92 valence electrons. The molecule has 0 fully saturated rings. The predicted octanol–water partition coefficient (Wildman–Crippen LogP) is 3.08. The molecule has 2 nitrogen and oxygen atoms in total. The van der Waals surface area contributed by atoms with Crippen molar-refractivity contribution in [3.05, 3.63) is 22.4 Å². The van der Waals surface area contributed by atoms with Gasteiger partial charge in [0.05, 0.1) is 5.60 Å². The Bertz CT molecular complexity index is 272. The second kappa shape index (κ2) is 6.38. The lowest BCUT2D eigenvalue weighted by molar-refractivity contribution is -0.0452. The maximum atomic E-state index is 5.78. The smallest absolute Gasteiger partial charge is 0.0829 e. The van der Waals surface area contributed by atoms with Crippen LogP contribution in [0.25, 0.3) is 0 Å². The van der Waals surface area contributed by atoms with E-state index in [2.05, 4.69) is 36.7 Å². The van der Waals surface area contributed by atoms with Crippen molar-refractivity contribution in [3.8, 4) is 0 Å². The molecule has 16 heavy (non-hydrogen) atoms. The van der Waals surface area contributed by atoms with E-state index < -0.39 is 0 Å². The standard InChI is InChI=1S/C13H23NOS/c1-5-13(6-2,15-4)12(14-3)10-11-8-7-9-16-11/h7-9,12,14H,5-6,10H2,1-4H3. The van der Waals surface area contributed by atoms with E-state index in [4.69, 9.17) is 4.74 Å². The minimum Gasteiger partial charge on any atom is -0.377 e. The Morgan fingerprint density at radius 3 is 2.50 bits per heavy atom. The summed E-state index contributed by atoms with van der Waals surface area (Å²) in [7, 11) is 3.85. The minimum absolute atomic E-state index is 0.0429. The molecule has 0 spiro atoms. The molecule has 1 unspecified atom stereocenters. The first-order valence-corrected chi connectivity index (χ1v) is 6.85. The van der Waals surface area contributed by atoms with Gasteiger partial charge in [-0.3, -0.25) is 0 Å². The molecular weight excluding hydrogens is 218 g/mol. The van der Waals surface area contributed by atoms with Crippen molar-refractivity contribution in [2.45, 2.75) is 44.8 Å². The molecule has 1 rings (SSSR count). The van der Waals surface area contributed by atoms with Gasteiger partial charge in [-0.2, -0.15) is 0 Å². The lowest BCUT2D eigenvalue weighted by Crippen LogP contribution is -2.51. The van der Waals surface area contributed by atoms with Gasteiger partial charge in [-0.1, -0.05) is 19.9 Å².